The van der Waals surface area contributed by atoms with Gasteiger partial charge < -0.3 is 0 Å². The van der Waals surface area contributed by atoms with E-state index >= 15 is 0 Å². The molecule has 0 saturated heterocycles. The van der Waals surface area contributed by atoms with E-state index in [9.17, 15) is 0 Å². The van der Waals surface area contributed by atoms with Crippen molar-refractivity contribution >= 4 is 0 Å². The Morgan fingerprint density at radius 1 is 0.236 bits per heavy atom. The molecule has 0 atom stereocenters. The molecule has 0 unspecified atom stereocenters. The van der Waals surface area contributed by atoms with Crippen LogP contribution in [0.5, 0.6) is 0 Å². The lowest BCUT2D eigenvalue weighted by Gasteiger charge is -2.32. The number of fused-ring (bicyclic) bond motifs is 10. The molecule has 55 heavy (non-hydrogen) atoms. The summed E-state index contributed by atoms with van der Waals surface area (Å²) in [6.07, 6.45) is 0. The van der Waals surface area contributed by atoms with Gasteiger partial charge in [0.05, 0.1) is 5.41 Å². The van der Waals surface area contributed by atoms with Gasteiger partial charge in [0.1, 0.15) is 0 Å². The summed E-state index contributed by atoms with van der Waals surface area (Å²) in [6.45, 7) is 0. The van der Waals surface area contributed by atoms with Gasteiger partial charge in [-0.2, -0.15) is 0 Å². The molecule has 1 aromatic heterocycles. The Morgan fingerprint density at radius 2 is 0.564 bits per heavy atom. The van der Waals surface area contributed by atoms with Gasteiger partial charge in [-0.1, -0.05) is 200 Å². The van der Waals surface area contributed by atoms with E-state index in [1.165, 1.54) is 55.6 Å². The minimum absolute atomic E-state index is 0.419. The largest absolute Gasteiger partial charge is 0.208 e. The van der Waals surface area contributed by atoms with Crippen molar-refractivity contribution in [2.45, 2.75) is 5.41 Å². The van der Waals surface area contributed by atoms with E-state index in [1.807, 2.05) is 36.4 Å². The highest BCUT2D eigenvalue weighted by Gasteiger charge is 2.52. The summed E-state index contributed by atoms with van der Waals surface area (Å²) in [5, 5.41) is 0. The van der Waals surface area contributed by atoms with Crippen molar-refractivity contribution in [2.24, 2.45) is 0 Å². The summed E-state index contributed by atoms with van der Waals surface area (Å²) in [7, 11) is 0. The van der Waals surface area contributed by atoms with Gasteiger partial charge in [-0.15, -0.1) is 0 Å². The lowest BCUT2D eigenvalue weighted by Crippen LogP contribution is -2.26. The van der Waals surface area contributed by atoms with Gasteiger partial charge in [0, 0.05) is 16.7 Å². The maximum Gasteiger partial charge on any atom is 0.164 e. The smallest absolute Gasteiger partial charge is 0.164 e. The third-order valence-electron chi connectivity index (χ3n) is 11.4. The fourth-order valence-corrected chi connectivity index (χ4v) is 8.99. The topological polar surface area (TPSA) is 38.7 Å². The van der Waals surface area contributed by atoms with E-state index in [1.54, 1.807) is 0 Å². The summed E-state index contributed by atoms with van der Waals surface area (Å²) in [4.78, 5) is 15.1. The summed E-state index contributed by atoms with van der Waals surface area (Å²) in [5.41, 5.74) is 17.7. The summed E-state index contributed by atoms with van der Waals surface area (Å²) in [5.74, 6) is 1.94. The molecule has 0 aliphatic heterocycles. The molecule has 0 bridgehead atoms. The molecule has 1 spiro atoms. The molecule has 2 aliphatic carbocycles. The minimum Gasteiger partial charge on any atom is -0.208 e. The molecule has 3 heteroatoms. The first-order chi connectivity index (χ1) is 27.3. The van der Waals surface area contributed by atoms with Crippen molar-refractivity contribution in [3.63, 3.8) is 0 Å². The van der Waals surface area contributed by atoms with Crippen LogP contribution in [-0.2, 0) is 5.41 Å². The normalized spacial score (nSPS) is 12.9. The van der Waals surface area contributed by atoms with Crippen molar-refractivity contribution in [3.05, 3.63) is 222 Å². The predicted octanol–water partition coefficient (Wildman–Crippen LogP) is 12.6. The molecule has 2 aliphatic rings. The van der Waals surface area contributed by atoms with Gasteiger partial charge in [-0.25, -0.2) is 15.0 Å². The van der Waals surface area contributed by atoms with Crippen LogP contribution in [0, 0.1) is 0 Å². The molecular formula is C52H33N3. The number of aromatic nitrogens is 3. The molecule has 256 valence electrons. The lowest BCUT2D eigenvalue weighted by atomic mass is 9.68. The number of hydrogen-bond acceptors (Lipinski definition) is 3. The molecule has 0 saturated carbocycles. The van der Waals surface area contributed by atoms with E-state index < -0.39 is 5.41 Å². The van der Waals surface area contributed by atoms with Crippen LogP contribution in [-0.4, -0.2) is 15.0 Å². The van der Waals surface area contributed by atoms with Crippen LogP contribution in [0.1, 0.15) is 22.3 Å². The van der Waals surface area contributed by atoms with Gasteiger partial charge in [0.15, 0.2) is 17.5 Å². The van der Waals surface area contributed by atoms with Gasteiger partial charge in [0.25, 0.3) is 0 Å². The minimum atomic E-state index is -0.419. The molecule has 0 radical (unpaired) electrons. The Kier molecular flexibility index (Phi) is 7.08. The molecule has 1 heterocycles. The summed E-state index contributed by atoms with van der Waals surface area (Å²) < 4.78 is 0. The second-order valence-electron chi connectivity index (χ2n) is 14.3. The number of hydrogen-bond donors (Lipinski definition) is 0. The number of rotatable bonds is 5. The van der Waals surface area contributed by atoms with Crippen molar-refractivity contribution in [1.29, 1.82) is 0 Å². The van der Waals surface area contributed by atoms with Crippen LogP contribution in [0.3, 0.4) is 0 Å². The standard InChI is InChI=1S/C52H33N3/c1-3-14-34(15-4-1)35-26-30-38(31-27-35)50-53-49(37-16-5-2-6-17-37)54-51(55-50)39-32-28-36(29-33-39)40-21-13-22-44-43-20-9-12-25-47(43)52(48(40)44)45-23-10-7-18-41(45)42-19-8-11-24-46(42)52/h1-33H. The van der Waals surface area contributed by atoms with Crippen LogP contribution in [0.25, 0.3) is 78.7 Å². The second-order valence-corrected chi connectivity index (χ2v) is 14.3. The third-order valence-corrected chi connectivity index (χ3v) is 11.4. The Labute approximate surface area is 320 Å². The fraction of sp³-hybridized carbons (Fsp3) is 0.0192. The van der Waals surface area contributed by atoms with E-state index in [0.717, 1.165) is 27.8 Å². The third kappa shape index (κ3) is 4.80. The van der Waals surface area contributed by atoms with Crippen LogP contribution >= 0.6 is 0 Å². The Bertz CT molecular complexity index is 2830. The van der Waals surface area contributed by atoms with E-state index in [2.05, 4.69) is 164 Å². The predicted molar refractivity (Wildman–Crippen MR) is 223 cm³/mol. The van der Waals surface area contributed by atoms with Gasteiger partial charge in [-0.3, -0.25) is 0 Å². The zero-order valence-electron chi connectivity index (χ0n) is 29.9. The first-order valence-electron chi connectivity index (χ1n) is 18.8. The van der Waals surface area contributed by atoms with Crippen LogP contribution < -0.4 is 0 Å². The van der Waals surface area contributed by atoms with E-state index in [-0.39, 0.29) is 0 Å². The summed E-state index contributed by atoms with van der Waals surface area (Å²) >= 11 is 0. The maximum atomic E-state index is 5.07. The maximum absolute atomic E-state index is 5.07. The molecular weight excluding hydrogens is 667 g/mol. The van der Waals surface area contributed by atoms with Crippen LogP contribution in [0.15, 0.2) is 200 Å². The van der Waals surface area contributed by atoms with Gasteiger partial charge >= 0.3 is 0 Å². The zero-order chi connectivity index (χ0) is 36.3. The molecule has 9 aromatic rings. The quantitative estimate of drug-likeness (QED) is 0.179. The van der Waals surface area contributed by atoms with Crippen molar-refractivity contribution < 1.29 is 0 Å². The SMILES string of the molecule is c1ccc(-c2ccc(-c3nc(-c4ccccc4)nc(-c4ccc(-c5cccc6c5C5(c7ccccc7-c7ccccc75)c5ccccc5-6)cc4)n3)cc2)cc1. The molecule has 11 rings (SSSR count). The van der Waals surface area contributed by atoms with Crippen molar-refractivity contribution in [1.82, 2.24) is 15.0 Å². The molecule has 0 N–H and O–H groups in total. The molecule has 3 nitrogen and oxygen atoms in total. The average molecular weight is 700 g/mol. The van der Waals surface area contributed by atoms with E-state index in [4.69, 9.17) is 15.0 Å². The average Bonchev–Trinajstić information content (AvgIpc) is 3.75. The first-order valence-corrected chi connectivity index (χ1v) is 18.8. The fourth-order valence-electron chi connectivity index (χ4n) is 8.99. The summed E-state index contributed by atoms with van der Waals surface area (Å²) in [6, 6.07) is 71.5. The monoisotopic (exact) mass is 699 g/mol. The Morgan fingerprint density at radius 3 is 1.07 bits per heavy atom. The highest BCUT2D eigenvalue weighted by molar-refractivity contribution is 5.98. The number of nitrogens with zero attached hydrogens (tertiary/aromatic N) is 3. The van der Waals surface area contributed by atoms with Crippen molar-refractivity contribution in [2.75, 3.05) is 0 Å². The molecule has 0 amide bonds. The van der Waals surface area contributed by atoms with Crippen molar-refractivity contribution in [3.8, 4) is 78.7 Å². The highest BCUT2D eigenvalue weighted by Crippen LogP contribution is 2.64. The number of benzene rings is 8. The highest BCUT2D eigenvalue weighted by atomic mass is 15.0. The molecule has 8 aromatic carbocycles. The first kappa shape index (κ1) is 31.3. The lowest BCUT2D eigenvalue weighted by molar-refractivity contribution is 0.796. The van der Waals surface area contributed by atoms with Gasteiger partial charge in [-0.05, 0) is 66.8 Å². The Hall–Kier alpha value is -7.23. The van der Waals surface area contributed by atoms with E-state index in [0.29, 0.717) is 17.5 Å². The van der Waals surface area contributed by atoms with Crippen LogP contribution in [0.2, 0.25) is 0 Å². The second kappa shape index (κ2) is 12.4. The van der Waals surface area contributed by atoms with Crippen LogP contribution in [0.4, 0.5) is 0 Å². The molecule has 0 fully saturated rings. The zero-order valence-corrected chi connectivity index (χ0v) is 29.9. The Balaban J connectivity index is 1.05. The van der Waals surface area contributed by atoms with Gasteiger partial charge in [0.2, 0.25) is 0 Å².